The van der Waals surface area contributed by atoms with E-state index in [1.807, 2.05) is 0 Å². The predicted molar refractivity (Wildman–Crippen MR) is 41.9 cm³/mol. The standard InChI is InChI=1S/C8H17NO/c1-3-8(6-10)9-4-7(2)5-9/h7-8,10H,3-6H2,1-2H3/t8-/m0/s1. The second-order valence-corrected chi connectivity index (χ2v) is 3.30. The zero-order valence-electron chi connectivity index (χ0n) is 6.88. The van der Waals surface area contributed by atoms with Crippen molar-refractivity contribution in [3.63, 3.8) is 0 Å². The fourth-order valence-corrected chi connectivity index (χ4v) is 1.55. The van der Waals surface area contributed by atoms with Crippen LogP contribution in [0.2, 0.25) is 0 Å². The van der Waals surface area contributed by atoms with E-state index in [0.717, 1.165) is 12.3 Å². The van der Waals surface area contributed by atoms with Crippen LogP contribution in [-0.4, -0.2) is 35.7 Å². The molecule has 2 heteroatoms. The Hall–Kier alpha value is -0.0800. The lowest BCUT2D eigenvalue weighted by molar-refractivity contribution is 0.0299. The Morgan fingerprint density at radius 3 is 2.50 bits per heavy atom. The molecule has 0 amide bonds. The van der Waals surface area contributed by atoms with Gasteiger partial charge < -0.3 is 5.11 Å². The van der Waals surface area contributed by atoms with Gasteiger partial charge in [-0.1, -0.05) is 13.8 Å². The molecule has 0 spiro atoms. The van der Waals surface area contributed by atoms with E-state index in [1.165, 1.54) is 13.1 Å². The molecule has 1 rings (SSSR count). The van der Waals surface area contributed by atoms with Crippen LogP contribution in [0.5, 0.6) is 0 Å². The largest absolute Gasteiger partial charge is 0.395 e. The van der Waals surface area contributed by atoms with E-state index < -0.39 is 0 Å². The maximum Gasteiger partial charge on any atom is 0.0586 e. The van der Waals surface area contributed by atoms with Crippen molar-refractivity contribution >= 4 is 0 Å². The summed E-state index contributed by atoms with van der Waals surface area (Å²) in [6, 6.07) is 0.427. The van der Waals surface area contributed by atoms with Gasteiger partial charge in [-0.05, 0) is 12.3 Å². The quantitative estimate of drug-likeness (QED) is 0.629. The molecule has 0 bridgehead atoms. The van der Waals surface area contributed by atoms with Crippen molar-refractivity contribution in [2.75, 3.05) is 19.7 Å². The summed E-state index contributed by atoms with van der Waals surface area (Å²) in [4.78, 5) is 2.35. The average Bonchev–Trinajstić information content (AvgIpc) is 1.87. The van der Waals surface area contributed by atoms with Gasteiger partial charge in [0.15, 0.2) is 0 Å². The highest BCUT2D eigenvalue weighted by Crippen LogP contribution is 2.18. The summed E-state index contributed by atoms with van der Waals surface area (Å²) in [5.74, 6) is 0.848. The molecule has 0 aliphatic carbocycles. The molecule has 2 nitrogen and oxygen atoms in total. The Balaban J connectivity index is 2.21. The van der Waals surface area contributed by atoms with Gasteiger partial charge in [0.05, 0.1) is 6.61 Å². The van der Waals surface area contributed by atoms with E-state index in [4.69, 9.17) is 5.11 Å². The molecule has 0 saturated carbocycles. The molecule has 60 valence electrons. The molecule has 0 unspecified atom stereocenters. The molecule has 1 heterocycles. The molecule has 1 aliphatic rings. The van der Waals surface area contributed by atoms with Crippen molar-refractivity contribution < 1.29 is 5.11 Å². The Labute approximate surface area is 62.8 Å². The number of aliphatic hydroxyl groups is 1. The van der Waals surface area contributed by atoms with Gasteiger partial charge >= 0.3 is 0 Å². The summed E-state index contributed by atoms with van der Waals surface area (Å²) in [5, 5.41) is 8.91. The normalized spacial score (nSPS) is 24.3. The highest BCUT2D eigenvalue weighted by Gasteiger charge is 2.27. The van der Waals surface area contributed by atoms with Crippen molar-refractivity contribution in [3.8, 4) is 0 Å². The van der Waals surface area contributed by atoms with Gasteiger partial charge in [-0.15, -0.1) is 0 Å². The van der Waals surface area contributed by atoms with Crippen LogP contribution in [0.1, 0.15) is 20.3 Å². The second kappa shape index (κ2) is 3.35. The molecule has 1 aliphatic heterocycles. The first-order chi connectivity index (χ1) is 4.77. The summed E-state index contributed by atoms with van der Waals surface area (Å²) >= 11 is 0. The molecular formula is C8H17NO. The third-order valence-corrected chi connectivity index (χ3v) is 2.29. The first-order valence-electron chi connectivity index (χ1n) is 4.12. The molecule has 1 N–H and O–H groups in total. The summed E-state index contributed by atoms with van der Waals surface area (Å²) in [6.07, 6.45) is 1.07. The van der Waals surface area contributed by atoms with Crippen LogP contribution in [0, 0.1) is 5.92 Å². The summed E-state index contributed by atoms with van der Waals surface area (Å²) in [7, 11) is 0. The molecule has 1 fully saturated rings. The van der Waals surface area contributed by atoms with Gasteiger partial charge in [-0.3, -0.25) is 4.90 Å². The van der Waals surface area contributed by atoms with Crippen molar-refractivity contribution in [2.24, 2.45) is 5.92 Å². The predicted octanol–water partition coefficient (Wildman–Crippen LogP) is 0.709. The lowest BCUT2D eigenvalue weighted by atomic mass is 9.99. The second-order valence-electron chi connectivity index (χ2n) is 3.30. The highest BCUT2D eigenvalue weighted by molar-refractivity contribution is 4.81. The van der Waals surface area contributed by atoms with Gasteiger partial charge in [-0.25, -0.2) is 0 Å². The first-order valence-corrected chi connectivity index (χ1v) is 4.12. The zero-order valence-corrected chi connectivity index (χ0v) is 6.88. The van der Waals surface area contributed by atoms with E-state index >= 15 is 0 Å². The molecule has 0 aromatic carbocycles. The minimum atomic E-state index is 0.323. The van der Waals surface area contributed by atoms with Gasteiger partial charge in [0.1, 0.15) is 0 Å². The van der Waals surface area contributed by atoms with Crippen LogP contribution in [0.3, 0.4) is 0 Å². The minimum Gasteiger partial charge on any atom is -0.395 e. The number of rotatable bonds is 3. The van der Waals surface area contributed by atoms with Gasteiger partial charge in [0, 0.05) is 19.1 Å². The van der Waals surface area contributed by atoms with Crippen LogP contribution in [0.4, 0.5) is 0 Å². The third kappa shape index (κ3) is 1.50. The van der Waals surface area contributed by atoms with Gasteiger partial charge in [-0.2, -0.15) is 0 Å². The lowest BCUT2D eigenvalue weighted by Crippen LogP contribution is -2.52. The Bertz CT molecular complexity index is 95.4. The minimum absolute atomic E-state index is 0.323. The molecule has 1 saturated heterocycles. The lowest BCUT2D eigenvalue weighted by Gasteiger charge is -2.42. The molecule has 0 aromatic heterocycles. The maximum absolute atomic E-state index is 8.91. The molecule has 0 radical (unpaired) electrons. The van der Waals surface area contributed by atoms with Crippen LogP contribution < -0.4 is 0 Å². The van der Waals surface area contributed by atoms with E-state index in [2.05, 4.69) is 18.7 Å². The Morgan fingerprint density at radius 2 is 2.20 bits per heavy atom. The fraction of sp³-hybridized carbons (Fsp3) is 1.00. The Morgan fingerprint density at radius 1 is 1.60 bits per heavy atom. The fourth-order valence-electron chi connectivity index (χ4n) is 1.55. The summed E-state index contributed by atoms with van der Waals surface area (Å²) < 4.78 is 0. The van der Waals surface area contributed by atoms with Gasteiger partial charge in [0.25, 0.3) is 0 Å². The molecule has 1 atom stereocenters. The van der Waals surface area contributed by atoms with E-state index in [-0.39, 0.29) is 0 Å². The summed E-state index contributed by atoms with van der Waals surface area (Å²) in [5.41, 5.74) is 0. The molecular weight excluding hydrogens is 126 g/mol. The van der Waals surface area contributed by atoms with E-state index in [1.54, 1.807) is 0 Å². The Kier molecular flexibility index (Phi) is 2.69. The molecule has 10 heavy (non-hydrogen) atoms. The van der Waals surface area contributed by atoms with E-state index in [9.17, 15) is 0 Å². The van der Waals surface area contributed by atoms with Gasteiger partial charge in [0.2, 0.25) is 0 Å². The van der Waals surface area contributed by atoms with Crippen LogP contribution in [-0.2, 0) is 0 Å². The van der Waals surface area contributed by atoms with Crippen molar-refractivity contribution in [2.45, 2.75) is 26.3 Å². The van der Waals surface area contributed by atoms with Crippen LogP contribution in [0.15, 0.2) is 0 Å². The maximum atomic E-state index is 8.91. The average molecular weight is 143 g/mol. The van der Waals surface area contributed by atoms with Crippen molar-refractivity contribution in [1.29, 1.82) is 0 Å². The van der Waals surface area contributed by atoms with Crippen molar-refractivity contribution in [3.05, 3.63) is 0 Å². The van der Waals surface area contributed by atoms with Crippen LogP contribution in [0.25, 0.3) is 0 Å². The number of nitrogens with zero attached hydrogens (tertiary/aromatic N) is 1. The summed E-state index contributed by atoms with van der Waals surface area (Å²) in [6.45, 7) is 7.06. The highest BCUT2D eigenvalue weighted by atomic mass is 16.3. The molecule has 0 aromatic rings. The van der Waals surface area contributed by atoms with Crippen LogP contribution >= 0.6 is 0 Å². The van der Waals surface area contributed by atoms with Crippen molar-refractivity contribution in [1.82, 2.24) is 4.90 Å². The third-order valence-electron chi connectivity index (χ3n) is 2.29. The number of hydrogen-bond donors (Lipinski definition) is 1. The zero-order chi connectivity index (χ0) is 7.56. The number of aliphatic hydroxyl groups excluding tert-OH is 1. The van der Waals surface area contributed by atoms with E-state index in [0.29, 0.717) is 12.6 Å². The smallest absolute Gasteiger partial charge is 0.0586 e. The topological polar surface area (TPSA) is 23.5 Å². The first kappa shape index (κ1) is 8.02. The number of likely N-dealkylation sites (tertiary alicyclic amines) is 1. The number of hydrogen-bond acceptors (Lipinski definition) is 2. The monoisotopic (exact) mass is 143 g/mol. The SMILES string of the molecule is CC[C@@H](CO)N1CC(C)C1.